The monoisotopic (exact) mass is 626 g/mol. The molecule has 0 aromatic heterocycles. The van der Waals surface area contributed by atoms with E-state index < -0.39 is 11.4 Å². The molecule has 6 heteroatoms. The van der Waals surface area contributed by atoms with Crippen LogP contribution in [0.5, 0.6) is 0 Å². The Labute approximate surface area is 272 Å². The van der Waals surface area contributed by atoms with Crippen LogP contribution >= 0.6 is 0 Å². The van der Waals surface area contributed by atoms with E-state index in [0.29, 0.717) is 36.0 Å². The fourth-order valence-corrected chi connectivity index (χ4v) is 13.2. The van der Waals surface area contributed by atoms with E-state index in [0.717, 1.165) is 44.9 Å². The van der Waals surface area contributed by atoms with Gasteiger partial charge >= 0.3 is 17.9 Å². The second-order valence-corrected chi connectivity index (χ2v) is 18.6. The van der Waals surface area contributed by atoms with E-state index in [4.69, 9.17) is 9.47 Å². The van der Waals surface area contributed by atoms with Crippen molar-refractivity contribution in [2.75, 3.05) is 7.11 Å². The molecule has 5 unspecified atom stereocenters. The van der Waals surface area contributed by atoms with E-state index in [1.54, 1.807) is 0 Å². The normalized spacial score (nSPS) is 43.6. The van der Waals surface area contributed by atoms with Crippen LogP contribution in [0.4, 0.5) is 0 Å². The van der Waals surface area contributed by atoms with Gasteiger partial charge in [0.05, 0.1) is 26.4 Å². The third-order valence-corrected chi connectivity index (χ3v) is 15.4. The first-order chi connectivity index (χ1) is 20.8. The lowest BCUT2D eigenvalue weighted by Gasteiger charge is -2.73. The molecule has 0 aromatic rings. The fraction of sp³-hybridized carbons (Fsp3) is 0.872. The molecule has 0 aromatic carbocycles. The summed E-state index contributed by atoms with van der Waals surface area (Å²) in [4.78, 5) is 37.4. The minimum absolute atomic E-state index is 0.0841. The molecule has 0 bridgehead atoms. The van der Waals surface area contributed by atoms with E-state index in [-0.39, 0.29) is 58.0 Å². The zero-order valence-electron chi connectivity index (χ0n) is 29.9. The van der Waals surface area contributed by atoms with Crippen LogP contribution in [0.25, 0.3) is 0 Å². The summed E-state index contributed by atoms with van der Waals surface area (Å²) in [6.45, 7) is 22.9. The number of esters is 2. The summed E-state index contributed by atoms with van der Waals surface area (Å²) < 4.78 is 11.1. The Balaban J connectivity index is 1.38. The highest BCUT2D eigenvalue weighted by molar-refractivity contribution is 5.74. The molecule has 5 aliphatic rings. The molecular formula is C39H62O6. The molecule has 45 heavy (non-hydrogen) atoms. The predicted octanol–water partition coefficient (Wildman–Crippen LogP) is 9.01. The fourth-order valence-electron chi connectivity index (χ4n) is 13.2. The molecule has 0 spiro atoms. The van der Waals surface area contributed by atoms with E-state index >= 15 is 0 Å². The Bertz CT molecular complexity index is 1220. The average Bonchev–Trinajstić information content (AvgIpc) is 3.29. The highest BCUT2D eigenvalue weighted by atomic mass is 16.5. The van der Waals surface area contributed by atoms with Crippen molar-refractivity contribution in [2.24, 2.45) is 62.1 Å². The third-order valence-electron chi connectivity index (χ3n) is 15.4. The van der Waals surface area contributed by atoms with E-state index in [9.17, 15) is 19.5 Å². The zero-order chi connectivity index (χ0) is 33.4. The molecule has 0 saturated heterocycles. The number of hydrogen-bond acceptors (Lipinski definition) is 5. The van der Waals surface area contributed by atoms with Gasteiger partial charge in [-0.25, -0.2) is 0 Å². The Morgan fingerprint density at radius 1 is 0.822 bits per heavy atom. The number of carbonyl (C=O) groups excluding carboxylic acids is 2. The van der Waals surface area contributed by atoms with Crippen LogP contribution in [0.2, 0.25) is 0 Å². The van der Waals surface area contributed by atoms with Crippen LogP contribution in [0.1, 0.15) is 139 Å². The Morgan fingerprint density at radius 2 is 1.49 bits per heavy atom. The van der Waals surface area contributed by atoms with Crippen molar-refractivity contribution in [3.63, 3.8) is 0 Å². The number of carboxylic acid groups (broad SMARTS) is 1. The minimum Gasteiger partial charge on any atom is -0.481 e. The van der Waals surface area contributed by atoms with Crippen LogP contribution in [-0.4, -0.2) is 36.2 Å². The average molecular weight is 627 g/mol. The number of hydrogen-bond donors (Lipinski definition) is 1. The van der Waals surface area contributed by atoms with Gasteiger partial charge in [-0.05, 0) is 128 Å². The summed E-state index contributed by atoms with van der Waals surface area (Å²) in [7, 11) is 1.38. The van der Waals surface area contributed by atoms with Gasteiger partial charge in [-0.3, -0.25) is 14.4 Å². The molecule has 0 amide bonds. The summed E-state index contributed by atoms with van der Waals surface area (Å²) in [6, 6.07) is 0. The van der Waals surface area contributed by atoms with E-state index in [1.165, 1.54) is 31.9 Å². The van der Waals surface area contributed by atoms with Gasteiger partial charge in [0.1, 0.15) is 6.10 Å². The number of rotatable bonds is 8. The molecule has 5 saturated carbocycles. The molecule has 5 rings (SSSR count). The van der Waals surface area contributed by atoms with Crippen LogP contribution in [-0.2, 0) is 23.9 Å². The summed E-state index contributed by atoms with van der Waals surface area (Å²) in [5, 5.41) is 10.0. The SMILES string of the molecule is C=C(C)C1CC[C@]2(CC(=O)O)CC[C@]3(C)C(CCC4[C@@]5(C)CC[C@H](OC(=O)CC(C)(C)CC(=O)OC)C(C)(C)C5CC[C@]43C)C12. The molecule has 0 radical (unpaired) electrons. The number of methoxy groups -OCH3 is 1. The van der Waals surface area contributed by atoms with Crippen LogP contribution in [0.15, 0.2) is 12.2 Å². The molecule has 10 atom stereocenters. The lowest BCUT2D eigenvalue weighted by atomic mass is 9.32. The van der Waals surface area contributed by atoms with Crippen molar-refractivity contribution in [2.45, 2.75) is 145 Å². The van der Waals surface area contributed by atoms with Crippen molar-refractivity contribution in [1.82, 2.24) is 0 Å². The number of fused-ring (bicyclic) bond motifs is 7. The van der Waals surface area contributed by atoms with Crippen molar-refractivity contribution in [3.05, 3.63) is 12.2 Å². The Kier molecular flexibility index (Phi) is 8.73. The maximum Gasteiger partial charge on any atom is 0.306 e. The predicted molar refractivity (Wildman–Crippen MR) is 176 cm³/mol. The molecule has 254 valence electrons. The van der Waals surface area contributed by atoms with E-state index in [1.807, 2.05) is 13.8 Å². The summed E-state index contributed by atoms with van der Waals surface area (Å²) in [6.07, 6.45) is 11.5. The molecule has 0 aliphatic heterocycles. The largest absolute Gasteiger partial charge is 0.481 e. The minimum atomic E-state index is -0.634. The molecule has 6 nitrogen and oxygen atoms in total. The number of ether oxygens (including phenoxy) is 2. The number of carbonyl (C=O) groups is 3. The molecular weight excluding hydrogens is 564 g/mol. The van der Waals surface area contributed by atoms with Gasteiger partial charge in [-0.2, -0.15) is 0 Å². The van der Waals surface area contributed by atoms with Gasteiger partial charge in [0.2, 0.25) is 0 Å². The lowest BCUT2D eigenvalue weighted by Crippen LogP contribution is -2.66. The van der Waals surface area contributed by atoms with Crippen LogP contribution < -0.4 is 0 Å². The van der Waals surface area contributed by atoms with Gasteiger partial charge in [-0.1, -0.05) is 60.6 Å². The summed E-state index contributed by atoms with van der Waals surface area (Å²) in [5.74, 6) is 1.30. The van der Waals surface area contributed by atoms with Crippen molar-refractivity contribution in [3.8, 4) is 0 Å². The quantitative estimate of drug-likeness (QED) is 0.214. The first-order valence-electron chi connectivity index (χ1n) is 17.9. The standard InChI is InChI=1S/C39H62O6/c1-24(2)25-13-18-39(21-30(40)41)20-19-37(8)26(33(25)39)11-12-28-36(7)16-15-29(35(5,6)27(36)14-17-38(28,37)9)45-32(43)23-34(3,4)22-31(42)44-10/h25-29,33H,1,11-23H2,2-10H3,(H,40,41)/t25?,26?,27?,28?,29-,33?,36-,37+,38+,39+/m0/s1. The molecule has 5 aliphatic carbocycles. The highest BCUT2D eigenvalue weighted by Crippen LogP contribution is 2.78. The molecule has 0 heterocycles. The van der Waals surface area contributed by atoms with Crippen molar-refractivity contribution in [1.29, 1.82) is 0 Å². The van der Waals surface area contributed by atoms with Gasteiger partial charge in [-0.15, -0.1) is 0 Å². The summed E-state index contributed by atoms with van der Waals surface area (Å²) in [5.41, 5.74) is 1.04. The van der Waals surface area contributed by atoms with Crippen LogP contribution in [0, 0.1) is 62.1 Å². The topological polar surface area (TPSA) is 89.9 Å². The number of aliphatic carboxylic acids is 1. The van der Waals surface area contributed by atoms with Crippen molar-refractivity contribution < 1.29 is 29.0 Å². The van der Waals surface area contributed by atoms with E-state index in [2.05, 4.69) is 48.1 Å². The summed E-state index contributed by atoms with van der Waals surface area (Å²) >= 11 is 0. The Morgan fingerprint density at radius 3 is 2.11 bits per heavy atom. The first kappa shape index (κ1) is 34.5. The second-order valence-electron chi connectivity index (χ2n) is 18.6. The maximum absolute atomic E-state index is 13.2. The smallest absolute Gasteiger partial charge is 0.306 e. The number of carboxylic acids is 1. The second kappa shape index (κ2) is 11.4. The van der Waals surface area contributed by atoms with Gasteiger partial charge in [0.15, 0.2) is 0 Å². The van der Waals surface area contributed by atoms with Crippen molar-refractivity contribution >= 4 is 17.9 Å². The first-order valence-corrected chi connectivity index (χ1v) is 17.9. The van der Waals surface area contributed by atoms with Gasteiger partial charge < -0.3 is 14.6 Å². The number of allylic oxidation sites excluding steroid dienone is 1. The molecule has 5 fully saturated rings. The Hall–Kier alpha value is -1.85. The van der Waals surface area contributed by atoms with Gasteiger partial charge in [0.25, 0.3) is 0 Å². The highest BCUT2D eigenvalue weighted by Gasteiger charge is 2.71. The maximum atomic E-state index is 13.2. The van der Waals surface area contributed by atoms with Crippen LogP contribution in [0.3, 0.4) is 0 Å². The van der Waals surface area contributed by atoms with Gasteiger partial charge in [0, 0.05) is 5.41 Å². The lowest BCUT2D eigenvalue weighted by molar-refractivity contribution is -0.250. The zero-order valence-corrected chi connectivity index (χ0v) is 29.9. The third kappa shape index (κ3) is 5.40. The molecule has 1 N–H and O–H groups in total.